The summed E-state index contributed by atoms with van der Waals surface area (Å²) in [6, 6.07) is 0. The molecular formula is C6H13NaO4. The number of aliphatic hydroxyl groups is 2. The van der Waals surface area contributed by atoms with E-state index < -0.39 is 5.97 Å². The standard InChI is InChI=1S/C4H8O2.C2H6O2.Na/c1-2-3-4(5)6;3-1-2-4;/h2-3H2,1H3,(H,5,6);3-4H,1-2H2;/q;;+1/p-1. The molecule has 62 valence electrons. The average molecular weight is 172 g/mol. The Hall–Kier alpha value is 0.390. The van der Waals surface area contributed by atoms with Gasteiger partial charge < -0.3 is 20.1 Å². The van der Waals surface area contributed by atoms with Crippen molar-refractivity contribution in [3.63, 3.8) is 0 Å². The van der Waals surface area contributed by atoms with E-state index in [9.17, 15) is 9.90 Å². The second-order valence-electron chi connectivity index (χ2n) is 1.57. The van der Waals surface area contributed by atoms with Crippen molar-refractivity contribution in [2.75, 3.05) is 13.2 Å². The van der Waals surface area contributed by atoms with E-state index in [1.807, 2.05) is 0 Å². The second-order valence-corrected chi connectivity index (χ2v) is 1.57. The molecule has 0 bridgehead atoms. The quantitative estimate of drug-likeness (QED) is 0.420. The van der Waals surface area contributed by atoms with Crippen LogP contribution >= 0.6 is 0 Å². The van der Waals surface area contributed by atoms with Crippen LogP contribution in [0, 0.1) is 0 Å². The van der Waals surface area contributed by atoms with E-state index in [1.54, 1.807) is 6.92 Å². The molecule has 0 aromatic rings. The fourth-order valence-corrected chi connectivity index (χ4v) is 0.204. The molecule has 0 aromatic carbocycles. The van der Waals surface area contributed by atoms with Crippen molar-refractivity contribution in [1.82, 2.24) is 0 Å². The predicted molar refractivity (Wildman–Crippen MR) is 34.1 cm³/mol. The van der Waals surface area contributed by atoms with Gasteiger partial charge in [0.05, 0.1) is 13.2 Å². The van der Waals surface area contributed by atoms with Crippen molar-refractivity contribution < 1.29 is 49.7 Å². The van der Waals surface area contributed by atoms with E-state index in [0.29, 0.717) is 6.42 Å². The van der Waals surface area contributed by atoms with Gasteiger partial charge in [-0.05, 0) is 6.42 Å². The minimum absolute atomic E-state index is 0. The molecule has 0 rings (SSSR count). The molecule has 4 nitrogen and oxygen atoms in total. The number of aliphatic carboxylic acids is 1. The van der Waals surface area contributed by atoms with Gasteiger partial charge in [-0.25, -0.2) is 0 Å². The van der Waals surface area contributed by atoms with Crippen molar-refractivity contribution in [1.29, 1.82) is 0 Å². The molecule has 5 heteroatoms. The molecule has 2 N–H and O–H groups in total. The van der Waals surface area contributed by atoms with Crippen LogP contribution in [-0.2, 0) is 4.79 Å². The first-order valence-corrected chi connectivity index (χ1v) is 3.10. The third-order valence-corrected chi connectivity index (χ3v) is 0.554. The van der Waals surface area contributed by atoms with Gasteiger partial charge in [0.2, 0.25) is 0 Å². The maximum absolute atomic E-state index is 9.49. The number of carbonyl (C=O) groups excluding carboxylic acids is 1. The Morgan fingerprint density at radius 2 is 1.73 bits per heavy atom. The largest absolute Gasteiger partial charge is 1.00 e. The smallest absolute Gasteiger partial charge is 0.550 e. The second kappa shape index (κ2) is 16.8. The molecule has 0 heterocycles. The van der Waals surface area contributed by atoms with Crippen molar-refractivity contribution in [2.45, 2.75) is 19.8 Å². The zero-order chi connectivity index (χ0) is 8.41. The summed E-state index contributed by atoms with van der Waals surface area (Å²) in [7, 11) is 0. The van der Waals surface area contributed by atoms with Gasteiger partial charge in [-0.3, -0.25) is 0 Å². The Labute approximate surface area is 88.5 Å². The summed E-state index contributed by atoms with van der Waals surface area (Å²) in [5.41, 5.74) is 0. The molecule has 0 atom stereocenters. The van der Waals surface area contributed by atoms with Gasteiger partial charge >= 0.3 is 29.6 Å². The predicted octanol–water partition coefficient (Wildman–Crippen LogP) is -4.49. The minimum Gasteiger partial charge on any atom is -0.550 e. The molecule has 0 unspecified atom stereocenters. The van der Waals surface area contributed by atoms with Gasteiger partial charge in [0.25, 0.3) is 0 Å². The zero-order valence-corrected chi connectivity index (χ0v) is 9.04. The van der Waals surface area contributed by atoms with E-state index in [4.69, 9.17) is 10.2 Å². The Balaban J connectivity index is -0.000000114. The molecule has 11 heavy (non-hydrogen) atoms. The van der Waals surface area contributed by atoms with Crippen LogP contribution in [0.25, 0.3) is 0 Å². The van der Waals surface area contributed by atoms with Crippen LogP contribution in [0.5, 0.6) is 0 Å². The van der Waals surface area contributed by atoms with Crippen LogP contribution in [0.3, 0.4) is 0 Å². The topological polar surface area (TPSA) is 80.6 Å². The van der Waals surface area contributed by atoms with Gasteiger partial charge in [-0.2, -0.15) is 0 Å². The molecule has 0 aliphatic heterocycles. The molecule has 0 aliphatic rings. The summed E-state index contributed by atoms with van der Waals surface area (Å²) >= 11 is 0. The van der Waals surface area contributed by atoms with Gasteiger partial charge in [-0.15, -0.1) is 0 Å². The number of hydrogen-bond acceptors (Lipinski definition) is 4. The Kier molecular flexibility index (Phi) is 26.6. The zero-order valence-electron chi connectivity index (χ0n) is 7.04. The van der Waals surface area contributed by atoms with Gasteiger partial charge in [0.15, 0.2) is 0 Å². The SMILES string of the molecule is CCCC(=O)[O-].OCCO.[Na+]. The molecule has 0 saturated heterocycles. The number of carbonyl (C=O) groups is 1. The molecule has 0 aromatic heterocycles. The first kappa shape index (κ1) is 17.5. The summed E-state index contributed by atoms with van der Waals surface area (Å²) in [4.78, 5) is 9.49. The Bertz CT molecular complexity index is 75.0. The first-order valence-electron chi connectivity index (χ1n) is 3.10. The van der Waals surface area contributed by atoms with E-state index in [-0.39, 0.29) is 49.2 Å². The number of hydrogen-bond donors (Lipinski definition) is 2. The first-order chi connectivity index (χ1) is 4.68. The summed E-state index contributed by atoms with van der Waals surface area (Å²) in [6.07, 6.45) is 0.850. The molecule has 0 amide bonds. The average Bonchev–Trinajstić information content (AvgIpc) is 1.89. The summed E-state index contributed by atoms with van der Waals surface area (Å²) in [5, 5.41) is 24.7. The van der Waals surface area contributed by atoms with E-state index >= 15 is 0 Å². The third kappa shape index (κ3) is 37.9. The van der Waals surface area contributed by atoms with Crippen LogP contribution in [0.2, 0.25) is 0 Å². The van der Waals surface area contributed by atoms with E-state index in [2.05, 4.69) is 0 Å². The molecule has 0 radical (unpaired) electrons. The van der Waals surface area contributed by atoms with Crippen LogP contribution in [0.4, 0.5) is 0 Å². The number of aliphatic hydroxyl groups excluding tert-OH is 2. The van der Waals surface area contributed by atoms with Gasteiger partial charge in [0, 0.05) is 5.97 Å². The molecular weight excluding hydrogens is 159 g/mol. The van der Waals surface area contributed by atoms with Crippen LogP contribution < -0.4 is 34.7 Å². The Morgan fingerprint density at radius 1 is 1.36 bits per heavy atom. The number of carboxylic acid groups (broad SMARTS) is 1. The van der Waals surface area contributed by atoms with E-state index in [0.717, 1.165) is 0 Å². The summed E-state index contributed by atoms with van der Waals surface area (Å²) in [5.74, 6) is -0.961. The maximum Gasteiger partial charge on any atom is 1.00 e. The van der Waals surface area contributed by atoms with Crippen LogP contribution in [0.15, 0.2) is 0 Å². The fourth-order valence-electron chi connectivity index (χ4n) is 0.204. The molecule has 0 aliphatic carbocycles. The molecule has 0 spiro atoms. The van der Waals surface area contributed by atoms with Gasteiger partial charge in [-0.1, -0.05) is 13.3 Å². The number of rotatable bonds is 3. The molecule has 0 fully saturated rings. The molecule has 0 saturated carbocycles. The minimum atomic E-state index is -0.961. The maximum atomic E-state index is 9.49. The fraction of sp³-hybridized carbons (Fsp3) is 0.833. The number of carboxylic acids is 1. The monoisotopic (exact) mass is 172 g/mol. The normalized spacial score (nSPS) is 7.18. The van der Waals surface area contributed by atoms with Crippen LogP contribution in [-0.4, -0.2) is 29.4 Å². The third-order valence-electron chi connectivity index (χ3n) is 0.554. The summed E-state index contributed by atoms with van der Waals surface area (Å²) < 4.78 is 0. The summed E-state index contributed by atoms with van der Waals surface area (Å²) in [6.45, 7) is 1.55. The van der Waals surface area contributed by atoms with E-state index in [1.165, 1.54) is 0 Å². The van der Waals surface area contributed by atoms with Crippen LogP contribution in [0.1, 0.15) is 19.8 Å². The van der Waals surface area contributed by atoms with Crippen molar-refractivity contribution in [3.8, 4) is 0 Å². The van der Waals surface area contributed by atoms with Crippen molar-refractivity contribution in [3.05, 3.63) is 0 Å². The van der Waals surface area contributed by atoms with Crippen molar-refractivity contribution in [2.24, 2.45) is 0 Å². The Morgan fingerprint density at radius 3 is 1.73 bits per heavy atom. The van der Waals surface area contributed by atoms with Gasteiger partial charge in [0.1, 0.15) is 0 Å². The van der Waals surface area contributed by atoms with Crippen molar-refractivity contribution >= 4 is 5.97 Å².